The van der Waals surface area contributed by atoms with E-state index >= 15 is 0 Å². The Labute approximate surface area is 140 Å². The van der Waals surface area contributed by atoms with Gasteiger partial charge < -0.3 is 19.3 Å². The third-order valence-corrected chi connectivity index (χ3v) is 4.14. The van der Waals surface area contributed by atoms with Crippen molar-refractivity contribution in [1.82, 2.24) is 9.47 Å². The summed E-state index contributed by atoms with van der Waals surface area (Å²) >= 11 is 0. The van der Waals surface area contributed by atoms with Crippen LogP contribution in [0.3, 0.4) is 0 Å². The summed E-state index contributed by atoms with van der Waals surface area (Å²) in [4.78, 5) is 37.1. The first kappa shape index (κ1) is 18.0. The van der Waals surface area contributed by atoms with E-state index in [2.05, 4.69) is 0 Å². The van der Waals surface area contributed by atoms with Crippen LogP contribution in [0.5, 0.6) is 0 Å². The number of carboxylic acid groups (broad SMARTS) is 1. The van der Waals surface area contributed by atoms with Gasteiger partial charge in [0.05, 0.1) is 5.92 Å². The van der Waals surface area contributed by atoms with Gasteiger partial charge in [0.1, 0.15) is 5.60 Å². The van der Waals surface area contributed by atoms with Gasteiger partial charge in [-0.05, 0) is 38.8 Å². The molecule has 0 aliphatic carbocycles. The van der Waals surface area contributed by atoms with E-state index in [1.807, 2.05) is 0 Å². The lowest BCUT2D eigenvalue weighted by Gasteiger charge is -2.37. The summed E-state index contributed by atoms with van der Waals surface area (Å²) in [7, 11) is 1.64. The molecule has 7 nitrogen and oxygen atoms in total. The Morgan fingerprint density at radius 2 is 2.00 bits per heavy atom. The first-order valence-electron chi connectivity index (χ1n) is 7.96. The van der Waals surface area contributed by atoms with E-state index in [9.17, 15) is 19.5 Å². The molecule has 1 aromatic rings. The predicted molar refractivity (Wildman–Crippen MR) is 88.0 cm³/mol. The van der Waals surface area contributed by atoms with Crippen molar-refractivity contribution in [1.29, 1.82) is 0 Å². The normalized spacial score (nSPS) is 21.4. The number of piperidine rings is 1. The van der Waals surface area contributed by atoms with Gasteiger partial charge in [0.15, 0.2) is 0 Å². The van der Waals surface area contributed by atoms with Gasteiger partial charge in [0, 0.05) is 38.3 Å². The molecule has 1 unspecified atom stereocenters. The molecule has 132 valence electrons. The number of carbonyl (C=O) groups is 2. The van der Waals surface area contributed by atoms with Crippen molar-refractivity contribution < 1.29 is 19.4 Å². The Kier molecular flexibility index (Phi) is 5.01. The van der Waals surface area contributed by atoms with E-state index in [1.54, 1.807) is 40.1 Å². The summed E-state index contributed by atoms with van der Waals surface area (Å²) in [6.45, 7) is 5.78. The number of rotatable bonds is 2. The van der Waals surface area contributed by atoms with Crippen LogP contribution in [0.2, 0.25) is 0 Å². The number of ether oxygens (including phenoxy) is 1. The van der Waals surface area contributed by atoms with Gasteiger partial charge in [-0.2, -0.15) is 0 Å². The lowest BCUT2D eigenvalue weighted by molar-refractivity contribution is -0.144. The molecule has 1 N–H and O–H groups in total. The number of hydrogen-bond donors (Lipinski definition) is 1. The molecule has 2 heterocycles. The van der Waals surface area contributed by atoms with Crippen LogP contribution in [-0.4, -0.2) is 45.3 Å². The summed E-state index contributed by atoms with van der Waals surface area (Å²) in [5.41, 5.74) is -0.0984. The van der Waals surface area contributed by atoms with Crippen molar-refractivity contribution in [2.75, 3.05) is 13.1 Å². The topological polar surface area (TPSA) is 88.8 Å². The summed E-state index contributed by atoms with van der Waals surface area (Å²) in [5.74, 6) is -2.04. The van der Waals surface area contributed by atoms with Gasteiger partial charge in [-0.15, -0.1) is 0 Å². The summed E-state index contributed by atoms with van der Waals surface area (Å²) in [5, 5.41) is 9.56. The molecule has 0 aromatic carbocycles. The number of carboxylic acids is 1. The maximum absolute atomic E-state index is 12.2. The Bertz CT molecular complexity index is 689. The fourth-order valence-electron chi connectivity index (χ4n) is 2.89. The number of aryl methyl sites for hydroxylation is 1. The minimum absolute atomic E-state index is 0.0735. The molecule has 1 aromatic heterocycles. The zero-order valence-electron chi connectivity index (χ0n) is 14.5. The Morgan fingerprint density at radius 1 is 1.33 bits per heavy atom. The highest BCUT2D eigenvalue weighted by molar-refractivity contribution is 5.74. The monoisotopic (exact) mass is 336 g/mol. The van der Waals surface area contributed by atoms with Gasteiger partial charge in [0.25, 0.3) is 5.56 Å². The molecule has 2 atom stereocenters. The molecule has 1 amide bonds. The highest BCUT2D eigenvalue weighted by Gasteiger charge is 2.38. The van der Waals surface area contributed by atoms with Crippen molar-refractivity contribution in [3.05, 3.63) is 34.2 Å². The molecule has 0 spiro atoms. The summed E-state index contributed by atoms with van der Waals surface area (Å²) < 4.78 is 6.76. The van der Waals surface area contributed by atoms with Crippen LogP contribution in [-0.2, 0) is 16.6 Å². The molecular formula is C17H24N2O5. The second-order valence-electron chi connectivity index (χ2n) is 7.18. The van der Waals surface area contributed by atoms with Crippen LogP contribution in [0.15, 0.2) is 23.1 Å². The first-order valence-corrected chi connectivity index (χ1v) is 7.96. The predicted octanol–water partition coefficient (Wildman–Crippen LogP) is 1.81. The van der Waals surface area contributed by atoms with Crippen LogP contribution in [0, 0.1) is 5.92 Å². The van der Waals surface area contributed by atoms with Crippen LogP contribution in [0.4, 0.5) is 4.79 Å². The SMILES string of the molecule is Cn1ccc([C@H]2CCN(C(=O)OC(C)(C)C)CC2C(=O)O)cc1=O. The van der Waals surface area contributed by atoms with Gasteiger partial charge in [-0.25, -0.2) is 4.79 Å². The quantitative estimate of drug-likeness (QED) is 0.890. The number of aliphatic carboxylic acids is 1. The molecule has 2 rings (SSSR count). The van der Waals surface area contributed by atoms with Crippen LogP contribution in [0.25, 0.3) is 0 Å². The molecule has 1 aliphatic heterocycles. The number of nitrogens with zero attached hydrogens (tertiary/aromatic N) is 2. The van der Waals surface area contributed by atoms with Gasteiger partial charge in [0.2, 0.25) is 0 Å². The minimum Gasteiger partial charge on any atom is -0.481 e. The fraction of sp³-hybridized carbons (Fsp3) is 0.588. The smallest absolute Gasteiger partial charge is 0.410 e. The molecule has 0 radical (unpaired) electrons. The van der Waals surface area contributed by atoms with E-state index in [4.69, 9.17) is 4.74 Å². The van der Waals surface area contributed by atoms with E-state index in [1.165, 1.54) is 15.5 Å². The zero-order valence-corrected chi connectivity index (χ0v) is 14.5. The van der Waals surface area contributed by atoms with Crippen LogP contribution >= 0.6 is 0 Å². The molecule has 0 saturated carbocycles. The third-order valence-electron chi connectivity index (χ3n) is 4.14. The molecular weight excluding hydrogens is 312 g/mol. The number of hydrogen-bond acceptors (Lipinski definition) is 4. The maximum Gasteiger partial charge on any atom is 0.410 e. The largest absolute Gasteiger partial charge is 0.481 e. The molecule has 1 saturated heterocycles. The fourth-order valence-corrected chi connectivity index (χ4v) is 2.89. The van der Waals surface area contributed by atoms with Gasteiger partial charge in [-0.1, -0.05) is 0 Å². The van der Waals surface area contributed by atoms with Crippen molar-refractivity contribution in [3.8, 4) is 0 Å². The van der Waals surface area contributed by atoms with Gasteiger partial charge >= 0.3 is 12.1 Å². The van der Waals surface area contributed by atoms with E-state index in [-0.39, 0.29) is 18.0 Å². The van der Waals surface area contributed by atoms with Gasteiger partial charge in [-0.3, -0.25) is 9.59 Å². The summed E-state index contributed by atoms with van der Waals surface area (Å²) in [6.07, 6.45) is 1.61. The average molecular weight is 336 g/mol. The maximum atomic E-state index is 12.2. The zero-order chi connectivity index (χ0) is 18.1. The van der Waals surface area contributed by atoms with Crippen LogP contribution in [0.1, 0.15) is 38.7 Å². The van der Waals surface area contributed by atoms with E-state index in [0.717, 1.165) is 0 Å². The second kappa shape index (κ2) is 6.67. The Morgan fingerprint density at radius 3 is 2.54 bits per heavy atom. The third kappa shape index (κ3) is 4.15. The van der Waals surface area contributed by atoms with Crippen molar-refractivity contribution in [2.24, 2.45) is 13.0 Å². The van der Waals surface area contributed by atoms with Crippen molar-refractivity contribution >= 4 is 12.1 Å². The van der Waals surface area contributed by atoms with Crippen LogP contribution < -0.4 is 5.56 Å². The lowest BCUT2D eigenvalue weighted by Crippen LogP contribution is -2.47. The average Bonchev–Trinajstić information content (AvgIpc) is 2.47. The van der Waals surface area contributed by atoms with Crippen molar-refractivity contribution in [3.63, 3.8) is 0 Å². The highest BCUT2D eigenvalue weighted by atomic mass is 16.6. The van der Waals surface area contributed by atoms with Crippen molar-refractivity contribution in [2.45, 2.75) is 38.7 Å². The number of likely N-dealkylation sites (tertiary alicyclic amines) is 1. The molecule has 1 aliphatic rings. The highest BCUT2D eigenvalue weighted by Crippen LogP contribution is 2.33. The van der Waals surface area contributed by atoms with E-state index < -0.39 is 23.6 Å². The number of amides is 1. The lowest BCUT2D eigenvalue weighted by atomic mass is 9.81. The molecule has 24 heavy (non-hydrogen) atoms. The van der Waals surface area contributed by atoms with E-state index in [0.29, 0.717) is 18.5 Å². The number of aromatic nitrogens is 1. The molecule has 1 fully saturated rings. The number of carbonyl (C=O) groups excluding carboxylic acids is 1. The molecule has 0 bridgehead atoms. The number of pyridine rings is 1. The minimum atomic E-state index is -0.978. The Balaban J connectivity index is 2.19. The first-order chi connectivity index (χ1) is 11.1. The second-order valence-corrected chi connectivity index (χ2v) is 7.18. The summed E-state index contributed by atoms with van der Waals surface area (Å²) in [6, 6.07) is 3.24. The Hall–Kier alpha value is -2.31. The standard InChI is InChI=1S/C17H24N2O5/c1-17(2,3)24-16(23)19-8-6-12(13(10-19)15(21)22)11-5-7-18(4)14(20)9-11/h5,7,9,12-13H,6,8,10H2,1-4H3,(H,21,22)/t12-,13?/m1/s1. The molecule has 7 heteroatoms.